The molecule has 3 heteroatoms. The highest BCUT2D eigenvalue weighted by Gasteiger charge is 2.27. The van der Waals surface area contributed by atoms with Gasteiger partial charge in [-0.05, 0) is 26.0 Å². The summed E-state index contributed by atoms with van der Waals surface area (Å²) in [5, 5.41) is 4.31. The SMILES string of the molecule is CC1(C)C=CC(C(=O)c2ccccc2)=C(Nc2ccccc2)S1. The van der Waals surface area contributed by atoms with E-state index >= 15 is 0 Å². The molecule has 1 aliphatic rings. The van der Waals surface area contributed by atoms with Gasteiger partial charge in [0.05, 0.1) is 10.6 Å². The van der Waals surface area contributed by atoms with Gasteiger partial charge in [-0.2, -0.15) is 0 Å². The van der Waals surface area contributed by atoms with Crippen LogP contribution in [0, 0.1) is 0 Å². The van der Waals surface area contributed by atoms with Gasteiger partial charge < -0.3 is 5.32 Å². The fourth-order valence-corrected chi connectivity index (χ4v) is 3.48. The van der Waals surface area contributed by atoms with Gasteiger partial charge in [-0.25, -0.2) is 0 Å². The molecule has 2 aromatic rings. The molecule has 0 saturated heterocycles. The van der Waals surface area contributed by atoms with E-state index in [0.29, 0.717) is 11.1 Å². The molecule has 0 unspecified atom stereocenters. The summed E-state index contributed by atoms with van der Waals surface area (Å²) in [4.78, 5) is 12.8. The molecule has 1 heterocycles. The van der Waals surface area contributed by atoms with Gasteiger partial charge in [0, 0.05) is 16.0 Å². The molecule has 0 spiro atoms. The quantitative estimate of drug-likeness (QED) is 0.777. The first-order chi connectivity index (χ1) is 11.1. The molecule has 0 amide bonds. The third kappa shape index (κ3) is 3.74. The lowest BCUT2D eigenvalue weighted by Gasteiger charge is -2.27. The van der Waals surface area contributed by atoms with E-state index in [1.807, 2.05) is 66.7 Å². The predicted molar refractivity (Wildman–Crippen MR) is 98.7 cm³/mol. The number of nitrogens with one attached hydrogen (secondary N) is 1. The predicted octanol–water partition coefficient (Wildman–Crippen LogP) is 5.27. The Morgan fingerprint density at radius 3 is 2.22 bits per heavy atom. The lowest BCUT2D eigenvalue weighted by atomic mass is 10.0. The summed E-state index contributed by atoms with van der Waals surface area (Å²) in [6.45, 7) is 4.29. The minimum Gasteiger partial charge on any atom is -0.350 e. The molecule has 2 aromatic carbocycles. The zero-order valence-electron chi connectivity index (χ0n) is 13.2. The first-order valence-electron chi connectivity index (χ1n) is 7.59. The van der Waals surface area contributed by atoms with E-state index in [0.717, 1.165) is 10.7 Å². The van der Waals surface area contributed by atoms with Crippen molar-refractivity contribution in [1.29, 1.82) is 0 Å². The second-order valence-electron chi connectivity index (χ2n) is 5.97. The van der Waals surface area contributed by atoms with Gasteiger partial charge in [0.1, 0.15) is 0 Å². The van der Waals surface area contributed by atoms with Gasteiger partial charge >= 0.3 is 0 Å². The van der Waals surface area contributed by atoms with Crippen molar-refractivity contribution in [3.05, 3.63) is 89.0 Å². The van der Waals surface area contributed by atoms with E-state index in [2.05, 4.69) is 25.2 Å². The van der Waals surface area contributed by atoms with Crippen molar-refractivity contribution >= 4 is 23.2 Å². The average Bonchev–Trinajstić information content (AvgIpc) is 2.55. The number of hydrogen-bond donors (Lipinski definition) is 1. The number of para-hydroxylation sites is 1. The van der Waals surface area contributed by atoms with Crippen LogP contribution in [0.2, 0.25) is 0 Å². The Balaban J connectivity index is 1.98. The molecule has 3 rings (SSSR count). The number of carbonyl (C=O) groups excluding carboxylic acids is 1. The molecule has 0 aromatic heterocycles. The average molecular weight is 321 g/mol. The Kier molecular flexibility index (Phi) is 4.39. The minimum atomic E-state index is -0.0441. The van der Waals surface area contributed by atoms with Crippen LogP contribution in [0.4, 0.5) is 5.69 Å². The Hall–Kier alpha value is -2.26. The highest BCUT2D eigenvalue weighted by atomic mass is 32.2. The van der Waals surface area contributed by atoms with E-state index in [9.17, 15) is 4.79 Å². The van der Waals surface area contributed by atoms with Crippen LogP contribution in [-0.2, 0) is 0 Å². The summed E-state index contributed by atoms with van der Waals surface area (Å²) in [5.41, 5.74) is 2.41. The van der Waals surface area contributed by atoms with Crippen molar-refractivity contribution in [3.8, 4) is 0 Å². The first kappa shape index (κ1) is 15.6. The minimum absolute atomic E-state index is 0.0441. The maximum absolute atomic E-state index is 12.8. The van der Waals surface area contributed by atoms with Gasteiger partial charge in [0.2, 0.25) is 0 Å². The number of benzene rings is 2. The van der Waals surface area contributed by atoms with Gasteiger partial charge in [-0.1, -0.05) is 72.4 Å². The maximum Gasteiger partial charge on any atom is 0.195 e. The number of ketones is 1. The molecule has 0 aliphatic carbocycles. The number of carbonyl (C=O) groups is 1. The monoisotopic (exact) mass is 321 g/mol. The van der Waals surface area contributed by atoms with E-state index < -0.39 is 0 Å². The fraction of sp³-hybridized carbons (Fsp3) is 0.150. The number of Topliss-reactive ketones (excluding diaryl/α,β-unsaturated/α-hetero) is 1. The van der Waals surface area contributed by atoms with Crippen molar-refractivity contribution in [2.75, 3.05) is 5.32 Å². The molecule has 1 N–H and O–H groups in total. The molecule has 0 bridgehead atoms. The Morgan fingerprint density at radius 1 is 0.957 bits per heavy atom. The zero-order valence-corrected chi connectivity index (χ0v) is 14.1. The van der Waals surface area contributed by atoms with Crippen molar-refractivity contribution in [1.82, 2.24) is 0 Å². The number of rotatable bonds is 4. The number of thioether (sulfide) groups is 1. The van der Waals surface area contributed by atoms with Crippen molar-refractivity contribution < 1.29 is 4.79 Å². The summed E-state index contributed by atoms with van der Waals surface area (Å²) < 4.78 is -0.0441. The van der Waals surface area contributed by atoms with Gasteiger partial charge in [-0.3, -0.25) is 4.79 Å². The number of anilines is 1. The van der Waals surface area contributed by atoms with E-state index in [-0.39, 0.29) is 10.5 Å². The van der Waals surface area contributed by atoms with Crippen molar-refractivity contribution in [2.45, 2.75) is 18.6 Å². The summed E-state index contributed by atoms with van der Waals surface area (Å²) >= 11 is 1.68. The molecule has 0 fully saturated rings. The smallest absolute Gasteiger partial charge is 0.195 e. The number of allylic oxidation sites excluding steroid dienone is 2. The largest absolute Gasteiger partial charge is 0.350 e. The summed E-state index contributed by atoms with van der Waals surface area (Å²) in [6, 6.07) is 19.4. The summed E-state index contributed by atoms with van der Waals surface area (Å²) in [5.74, 6) is 0.0447. The van der Waals surface area contributed by atoms with Crippen LogP contribution in [0.15, 0.2) is 83.4 Å². The number of hydrogen-bond acceptors (Lipinski definition) is 3. The second-order valence-corrected chi connectivity index (χ2v) is 7.63. The van der Waals surface area contributed by atoms with Gasteiger partial charge in [0.15, 0.2) is 5.78 Å². The summed E-state index contributed by atoms with van der Waals surface area (Å²) in [6.07, 6.45) is 4.03. The zero-order chi connectivity index (χ0) is 16.3. The lowest BCUT2D eigenvalue weighted by Crippen LogP contribution is -2.20. The molecule has 116 valence electrons. The van der Waals surface area contributed by atoms with Crippen LogP contribution in [0.5, 0.6) is 0 Å². The standard InChI is InChI=1S/C20H19NOS/c1-20(2)14-13-17(18(22)15-9-5-3-6-10-15)19(23-20)21-16-11-7-4-8-12-16/h3-14,21H,1-2H3. The van der Waals surface area contributed by atoms with Crippen molar-refractivity contribution in [3.63, 3.8) is 0 Å². The van der Waals surface area contributed by atoms with Crippen molar-refractivity contribution in [2.24, 2.45) is 0 Å². The van der Waals surface area contributed by atoms with Gasteiger partial charge in [-0.15, -0.1) is 0 Å². The van der Waals surface area contributed by atoms with Crippen LogP contribution >= 0.6 is 11.8 Å². The fourth-order valence-electron chi connectivity index (χ4n) is 2.38. The molecule has 23 heavy (non-hydrogen) atoms. The van der Waals surface area contributed by atoms with Crippen LogP contribution in [-0.4, -0.2) is 10.5 Å². The van der Waals surface area contributed by atoms with E-state index in [1.165, 1.54) is 0 Å². The molecule has 0 atom stereocenters. The molecule has 0 saturated carbocycles. The third-order valence-corrected chi connectivity index (χ3v) is 4.76. The highest BCUT2D eigenvalue weighted by molar-refractivity contribution is 8.04. The Labute approximate surface area is 141 Å². The van der Waals surface area contributed by atoms with Crippen LogP contribution in [0.1, 0.15) is 24.2 Å². The molecule has 1 aliphatic heterocycles. The molecular weight excluding hydrogens is 302 g/mol. The summed E-state index contributed by atoms with van der Waals surface area (Å²) in [7, 11) is 0. The Morgan fingerprint density at radius 2 is 1.57 bits per heavy atom. The van der Waals surface area contributed by atoms with Crippen LogP contribution < -0.4 is 5.32 Å². The van der Waals surface area contributed by atoms with Crippen LogP contribution in [0.3, 0.4) is 0 Å². The van der Waals surface area contributed by atoms with Crippen LogP contribution in [0.25, 0.3) is 0 Å². The molecule has 0 radical (unpaired) electrons. The Bertz CT molecular complexity index is 761. The molecule has 2 nitrogen and oxygen atoms in total. The second kappa shape index (κ2) is 6.47. The topological polar surface area (TPSA) is 29.1 Å². The molecular formula is C20H19NOS. The third-order valence-electron chi connectivity index (χ3n) is 3.57. The maximum atomic E-state index is 12.8. The normalized spacial score (nSPS) is 16.3. The van der Waals surface area contributed by atoms with Gasteiger partial charge in [0.25, 0.3) is 0 Å². The lowest BCUT2D eigenvalue weighted by molar-refractivity contribution is 0.103. The first-order valence-corrected chi connectivity index (χ1v) is 8.41. The van der Waals surface area contributed by atoms with E-state index in [4.69, 9.17) is 0 Å². The highest BCUT2D eigenvalue weighted by Crippen LogP contribution is 2.40. The van der Waals surface area contributed by atoms with E-state index in [1.54, 1.807) is 11.8 Å².